The number of piperidine rings is 1. The zero-order valence-electron chi connectivity index (χ0n) is 15.5. The summed E-state index contributed by atoms with van der Waals surface area (Å²) in [5.41, 5.74) is 0.112. The predicted molar refractivity (Wildman–Crippen MR) is 97.0 cm³/mol. The van der Waals surface area contributed by atoms with E-state index in [0.29, 0.717) is 6.10 Å². The van der Waals surface area contributed by atoms with Gasteiger partial charge < -0.3 is 15.4 Å². The van der Waals surface area contributed by atoms with Crippen molar-refractivity contribution in [2.75, 3.05) is 39.3 Å². The van der Waals surface area contributed by atoms with Crippen molar-refractivity contribution in [3.63, 3.8) is 0 Å². The van der Waals surface area contributed by atoms with Gasteiger partial charge in [-0.05, 0) is 58.9 Å². The molecule has 0 aromatic heterocycles. The number of hydrogen-bond acceptors (Lipinski definition) is 3. The van der Waals surface area contributed by atoms with Gasteiger partial charge in [-0.25, -0.2) is 0 Å². The lowest BCUT2D eigenvalue weighted by molar-refractivity contribution is 0.0774. The van der Waals surface area contributed by atoms with Gasteiger partial charge in [0.25, 0.3) is 0 Å². The number of guanidine groups is 1. The summed E-state index contributed by atoms with van der Waals surface area (Å²) >= 11 is 0. The first-order valence-electron chi connectivity index (χ1n) is 9.40. The molecular weight excluding hydrogens is 288 g/mol. The zero-order valence-corrected chi connectivity index (χ0v) is 15.5. The van der Waals surface area contributed by atoms with E-state index in [2.05, 4.69) is 43.2 Å². The molecule has 5 nitrogen and oxygen atoms in total. The van der Waals surface area contributed by atoms with Crippen molar-refractivity contribution in [2.24, 2.45) is 10.9 Å². The van der Waals surface area contributed by atoms with E-state index in [4.69, 9.17) is 9.73 Å². The molecule has 0 aromatic carbocycles. The Kier molecular flexibility index (Phi) is 7.15. The van der Waals surface area contributed by atoms with Crippen molar-refractivity contribution >= 4 is 5.96 Å². The average Bonchev–Trinajstić information content (AvgIpc) is 3.03. The number of hydrogen-bond donors (Lipinski definition) is 2. The summed E-state index contributed by atoms with van der Waals surface area (Å²) in [4.78, 5) is 7.45. The summed E-state index contributed by atoms with van der Waals surface area (Å²) in [6, 6.07) is 0. The van der Waals surface area contributed by atoms with Crippen molar-refractivity contribution in [1.29, 1.82) is 0 Å². The molecule has 2 fully saturated rings. The standard InChI is InChI=1S/C18H36N4O/c1-5-19-17(20-12-16-9-7-11-23-16)21-14-18(3,4)22-10-6-8-15(2)13-22/h15-16H,5-14H2,1-4H3,(H2,19,20,21). The Bertz CT molecular complexity index is 377. The molecule has 0 spiro atoms. The smallest absolute Gasteiger partial charge is 0.191 e. The Morgan fingerprint density at radius 2 is 2.09 bits per heavy atom. The fourth-order valence-electron chi connectivity index (χ4n) is 3.47. The molecule has 0 amide bonds. The molecule has 2 rings (SSSR count). The van der Waals surface area contributed by atoms with E-state index >= 15 is 0 Å². The van der Waals surface area contributed by atoms with E-state index in [1.165, 1.54) is 32.4 Å². The first-order valence-corrected chi connectivity index (χ1v) is 9.40. The van der Waals surface area contributed by atoms with Crippen LogP contribution in [-0.4, -0.2) is 61.8 Å². The SMILES string of the molecule is CCNC(=NCC(C)(C)N1CCCC(C)C1)NCC1CCCO1. The highest BCUT2D eigenvalue weighted by Gasteiger charge is 2.30. The first kappa shape index (κ1) is 18.5. The molecule has 0 aliphatic carbocycles. The minimum Gasteiger partial charge on any atom is -0.376 e. The summed E-state index contributed by atoms with van der Waals surface area (Å²) in [5, 5.41) is 6.80. The number of nitrogens with zero attached hydrogens (tertiary/aromatic N) is 2. The van der Waals surface area contributed by atoms with Crippen LogP contribution in [0.25, 0.3) is 0 Å². The van der Waals surface area contributed by atoms with E-state index in [0.717, 1.165) is 44.5 Å². The Hall–Kier alpha value is -0.810. The number of aliphatic imine (C=N–C) groups is 1. The highest BCUT2D eigenvalue weighted by molar-refractivity contribution is 5.79. The molecular formula is C18H36N4O. The van der Waals surface area contributed by atoms with Crippen molar-refractivity contribution in [3.05, 3.63) is 0 Å². The third-order valence-electron chi connectivity index (χ3n) is 5.00. The largest absolute Gasteiger partial charge is 0.376 e. The maximum atomic E-state index is 5.68. The summed E-state index contributed by atoms with van der Waals surface area (Å²) in [7, 11) is 0. The molecule has 2 unspecified atom stereocenters. The fraction of sp³-hybridized carbons (Fsp3) is 0.944. The minimum atomic E-state index is 0.112. The minimum absolute atomic E-state index is 0.112. The Morgan fingerprint density at radius 3 is 2.74 bits per heavy atom. The normalized spacial score (nSPS) is 27.2. The van der Waals surface area contributed by atoms with Gasteiger partial charge >= 0.3 is 0 Å². The molecule has 2 atom stereocenters. The molecule has 23 heavy (non-hydrogen) atoms. The van der Waals surface area contributed by atoms with Gasteiger partial charge in [-0.15, -0.1) is 0 Å². The summed E-state index contributed by atoms with van der Waals surface area (Å²) < 4.78 is 5.68. The maximum absolute atomic E-state index is 5.68. The highest BCUT2D eigenvalue weighted by atomic mass is 16.5. The molecule has 2 saturated heterocycles. The lowest BCUT2D eigenvalue weighted by Crippen LogP contribution is -2.51. The third-order valence-corrected chi connectivity index (χ3v) is 5.00. The van der Waals surface area contributed by atoms with E-state index in [1.54, 1.807) is 0 Å². The second-order valence-electron chi connectivity index (χ2n) is 7.72. The van der Waals surface area contributed by atoms with Crippen LogP contribution in [-0.2, 0) is 4.74 Å². The number of likely N-dealkylation sites (tertiary alicyclic amines) is 1. The second kappa shape index (κ2) is 8.88. The van der Waals surface area contributed by atoms with E-state index < -0.39 is 0 Å². The van der Waals surface area contributed by atoms with Crippen molar-refractivity contribution in [1.82, 2.24) is 15.5 Å². The van der Waals surface area contributed by atoms with Gasteiger partial charge in [-0.1, -0.05) is 6.92 Å². The molecule has 2 N–H and O–H groups in total. The lowest BCUT2D eigenvalue weighted by Gasteiger charge is -2.42. The Morgan fingerprint density at radius 1 is 1.26 bits per heavy atom. The molecule has 2 aliphatic rings. The van der Waals surface area contributed by atoms with E-state index in [-0.39, 0.29) is 5.54 Å². The zero-order chi connectivity index (χ0) is 16.7. The highest BCUT2D eigenvalue weighted by Crippen LogP contribution is 2.24. The molecule has 2 heterocycles. The van der Waals surface area contributed by atoms with Crippen LogP contribution in [0.15, 0.2) is 4.99 Å². The van der Waals surface area contributed by atoms with E-state index in [1.807, 2.05) is 0 Å². The summed E-state index contributed by atoms with van der Waals surface area (Å²) in [5.74, 6) is 1.72. The summed E-state index contributed by atoms with van der Waals surface area (Å²) in [6.45, 7) is 15.0. The van der Waals surface area contributed by atoms with Crippen molar-refractivity contribution < 1.29 is 4.74 Å². The molecule has 5 heteroatoms. The first-order chi connectivity index (χ1) is 11.0. The Labute approximate surface area is 142 Å². The van der Waals surface area contributed by atoms with Crippen LogP contribution in [0.2, 0.25) is 0 Å². The van der Waals surface area contributed by atoms with Gasteiger partial charge in [0.15, 0.2) is 5.96 Å². The van der Waals surface area contributed by atoms with Gasteiger partial charge in [0.1, 0.15) is 0 Å². The molecule has 2 aliphatic heterocycles. The molecule has 0 radical (unpaired) electrons. The Balaban J connectivity index is 1.86. The third kappa shape index (κ3) is 5.96. The number of ether oxygens (including phenoxy) is 1. The van der Waals surface area contributed by atoms with Gasteiger partial charge in [-0.2, -0.15) is 0 Å². The monoisotopic (exact) mass is 324 g/mol. The number of nitrogens with one attached hydrogen (secondary N) is 2. The molecule has 0 aromatic rings. The lowest BCUT2D eigenvalue weighted by atomic mass is 9.94. The molecule has 0 saturated carbocycles. The number of rotatable bonds is 6. The van der Waals surface area contributed by atoms with Crippen molar-refractivity contribution in [3.8, 4) is 0 Å². The van der Waals surface area contributed by atoms with Gasteiger partial charge in [-0.3, -0.25) is 9.89 Å². The second-order valence-corrected chi connectivity index (χ2v) is 7.72. The molecule has 134 valence electrons. The van der Waals surface area contributed by atoms with Gasteiger partial charge in [0.05, 0.1) is 12.6 Å². The maximum Gasteiger partial charge on any atom is 0.191 e. The van der Waals surface area contributed by atoms with Gasteiger partial charge in [0.2, 0.25) is 0 Å². The van der Waals surface area contributed by atoms with E-state index in [9.17, 15) is 0 Å². The van der Waals surface area contributed by atoms with Crippen molar-refractivity contribution in [2.45, 2.75) is 65.0 Å². The van der Waals surface area contributed by atoms with Crippen LogP contribution in [0, 0.1) is 5.92 Å². The van der Waals surface area contributed by atoms with Gasteiger partial charge in [0, 0.05) is 31.8 Å². The van der Waals surface area contributed by atoms with Crippen LogP contribution in [0.5, 0.6) is 0 Å². The van der Waals surface area contributed by atoms with Crippen LogP contribution in [0.4, 0.5) is 0 Å². The van der Waals surface area contributed by atoms with Crippen LogP contribution in [0.3, 0.4) is 0 Å². The topological polar surface area (TPSA) is 48.9 Å². The van der Waals surface area contributed by atoms with Crippen LogP contribution < -0.4 is 10.6 Å². The fourth-order valence-corrected chi connectivity index (χ4v) is 3.47. The van der Waals surface area contributed by atoms with Crippen LogP contribution in [0.1, 0.15) is 53.4 Å². The predicted octanol–water partition coefficient (Wildman–Crippen LogP) is 2.23. The van der Waals surface area contributed by atoms with Crippen LogP contribution >= 0.6 is 0 Å². The quantitative estimate of drug-likeness (QED) is 0.581. The summed E-state index contributed by atoms with van der Waals surface area (Å²) in [6.07, 6.45) is 5.35. The molecule has 0 bridgehead atoms. The average molecular weight is 325 g/mol.